The van der Waals surface area contributed by atoms with Crippen molar-refractivity contribution in [2.45, 2.75) is 51.9 Å². The molecule has 1 aromatic carbocycles. The molecule has 0 heterocycles. The fourth-order valence-electron chi connectivity index (χ4n) is 1.81. The molecule has 0 spiro atoms. The van der Waals surface area contributed by atoms with Gasteiger partial charge in [-0.3, -0.25) is 0 Å². The predicted octanol–water partition coefficient (Wildman–Crippen LogP) is 4.30. The molecule has 0 aliphatic heterocycles. The Labute approximate surface area is 118 Å². The lowest BCUT2D eigenvalue weighted by Gasteiger charge is -2.11. The second-order valence-corrected chi connectivity index (χ2v) is 5.06. The fraction of sp³-hybridized carbons (Fsp3) is 0.600. The molecule has 20 heavy (non-hydrogen) atoms. The monoisotopic (exact) mass is 289 g/mol. The molecule has 0 saturated heterocycles. The number of hydrogen-bond acceptors (Lipinski definition) is 2. The average Bonchev–Trinajstić information content (AvgIpc) is 2.32. The maximum absolute atomic E-state index is 11.9. The minimum absolute atomic E-state index is 0.126. The zero-order chi connectivity index (χ0) is 15.0. The van der Waals surface area contributed by atoms with Gasteiger partial charge in [0.15, 0.2) is 0 Å². The van der Waals surface area contributed by atoms with Crippen LogP contribution < -0.4 is 10.1 Å². The Kier molecular flexibility index (Phi) is 6.85. The Morgan fingerprint density at radius 2 is 1.95 bits per heavy atom. The quantitative estimate of drug-likeness (QED) is 0.721. The van der Waals surface area contributed by atoms with Crippen LogP contribution >= 0.6 is 0 Å². The van der Waals surface area contributed by atoms with Gasteiger partial charge in [0.25, 0.3) is 0 Å². The number of benzene rings is 1. The molecule has 0 aliphatic carbocycles. The highest BCUT2D eigenvalue weighted by Crippen LogP contribution is 2.21. The van der Waals surface area contributed by atoms with Crippen LogP contribution in [0.5, 0.6) is 5.75 Å². The summed E-state index contributed by atoms with van der Waals surface area (Å²) in [5, 5.41) is 3.15. The van der Waals surface area contributed by atoms with Gasteiger partial charge < -0.3 is 10.1 Å². The lowest BCUT2D eigenvalue weighted by molar-refractivity contribution is -0.135. The van der Waals surface area contributed by atoms with E-state index in [1.807, 2.05) is 38.1 Å². The SMILES string of the molecule is CC(C)Oc1cccc(CNCCCCC(F)(F)F)c1. The van der Waals surface area contributed by atoms with Crippen LogP contribution in [0.4, 0.5) is 13.2 Å². The molecule has 1 aromatic rings. The highest BCUT2D eigenvalue weighted by Gasteiger charge is 2.25. The van der Waals surface area contributed by atoms with Gasteiger partial charge >= 0.3 is 6.18 Å². The van der Waals surface area contributed by atoms with Crippen LogP contribution in [0.25, 0.3) is 0 Å². The molecule has 0 saturated carbocycles. The summed E-state index contributed by atoms with van der Waals surface area (Å²) in [4.78, 5) is 0. The lowest BCUT2D eigenvalue weighted by atomic mass is 10.2. The van der Waals surface area contributed by atoms with E-state index in [9.17, 15) is 13.2 Å². The van der Waals surface area contributed by atoms with E-state index in [2.05, 4.69) is 5.32 Å². The molecule has 114 valence electrons. The summed E-state index contributed by atoms with van der Waals surface area (Å²) in [6, 6.07) is 7.73. The topological polar surface area (TPSA) is 21.3 Å². The number of ether oxygens (including phenoxy) is 1. The Bertz CT molecular complexity index is 391. The number of nitrogens with one attached hydrogen (secondary N) is 1. The molecule has 0 atom stereocenters. The van der Waals surface area contributed by atoms with Crippen molar-refractivity contribution in [1.82, 2.24) is 5.32 Å². The molecule has 0 radical (unpaired) electrons. The first kappa shape index (κ1) is 16.8. The third-order valence-corrected chi connectivity index (χ3v) is 2.66. The van der Waals surface area contributed by atoms with Crippen LogP contribution in [0, 0.1) is 0 Å². The molecular formula is C15H22F3NO. The van der Waals surface area contributed by atoms with E-state index < -0.39 is 12.6 Å². The second kappa shape index (κ2) is 8.15. The molecular weight excluding hydrogens is 267 g/mol. The summed E-state index contributed by atoms with van der Waals surface area (Å²) in [5.41, 5.74) is 1.07. The Hall–Kier alpha value is -1.23. The summed E-state index contributed by atoms with van der Waals surface area (Å²) in [6.07, 6.45) is -3.91. The Balaban J connectivity index is 2.22. The van der Waals surface area contributed by atoms with Gasteiger partial charge in [0.2, 0.25) is 0 Å². The van der Waals surface area contributed by atoms with E-state index in [1.54, 1.807) is 0 Å². The maximum atomic E-state index is 11.9. The predicted molar refractivity (Wildman–Crippen MR) is 73.8 cm³/mol. The second-order valence-electron chi connectivity index (χ2n) is 5.06. The van der Waals surface area contributed by atoms with Crippen molar-refractivity contribution < 1.29 is 17.9 Å². The molecule has 1 rings (SSSR count). The van der Waals surface area contributed by atoms with Gasteiger partial charge in [0, 0.05) is 13.0 Å². The number of rotatable bonds is 8. The zero-order valence-corrected chi connectivity index (χ0v) is 12.0. The summed E-state index contributed by atoms with van der Waals surface area (Å²) in [7, 11) is 0. The van der Waals surface area contributed by atoms with Crippen LogP contribution in [0.15, 0.2) is 24.3 Å². The molecule has 0 fully saturated rings. The van der Waals surface area contributed by atoms with Crippen molar-refractivity contribution in [3.8, 4) is 5.75 Å². The molecule has 0 aromatic heterocycles. The molecule has 0 bridgehead atoms. The van der Waals surface area contributed by atoms with Crippen LogP contribution in [-0.2, 0) is 6.54 Å². The van der Waals surface area contributed by atoms with E-state index in [-0.39, 0.29) is 12.5 Å². The molecule has 2 nitrogen and oxygen atoms in total. The zero-order valence-electron chi connectivity index (χ0n) is 12.0. The smallest absolute Gasteiger partial charge is 0.389 e. The van der Waals surface area contributed by atoms with E-state index in [1.165, 1.54) is 0 Å². The van der Waals surface area contributed by atoms with Gasteiger partial charge in [-0.2, -0.15) is 13.2 Å². The third-order valence-electron chi connectivity index (χ3n) is 2.66. The standard InChI is InChI=1S/C15H22F3NO/c1-12(2)20-14-7-5-6-13(10-14)11-19-9-4-3-8-15(16,17)18/h5-7,10,12,19H,3-4,8-9,11H2,1-2H3. The minimum atomic E-state index is -4.04. The van der Waals surface area contributed by atoms with Gasteiger partial charge in [-0.05, 0) is 50.9 Å². The normalized spacial score (nSPS) is 11.9. The largest absolute Gasteiger partial charge is 0.491 e. The lowest BCUT2D eigenvalue weighted by Crippen LogP contribution is -2.16. The maximum Gasteiger partial charge on any atom is 0.389 e. The molecule has 0 amide bonds. The van der Waals surface area contributed by atoms with Gasteiger partial charge in [-0.15, -0.1) is 0 Å². The molecule has 0 unspecified atom stereocenters. The highest BCUT2D eigenvalue weighted by molar-refractivity contribution is 5.28. The fourth-order valence-corrected chi connectivity index (χ4v) is 1.81. The minimum Gasteiger partial charge on any atom is -0.491 e. The number of unbranched alkanes of at least 4 members (excludes halogenated alkanes) is 1. The summed E-state index contributed by atoms with van der Waals surface area (Å²) < 4.78 is 41.4. The summed E-state index contributed by atoms with van der Waals surface area (Å²) in [6.45, 7) is 5.16. The summed E-state index contributed by atoms with van der Waals surface area (Å²) in [5.74, 6) is 0.816. The molecule has 1 N–H and O–H groups in total. The van der Waals surface area contributed by atoms with Crippen molar-refractivity contribution in [3.05, 3.63) is 29.8 Å². The third kappa shape index (κ3) is 8.04. The van der Waals surface area contributed by atoms with Crippen LogP contribution in [0.2, 0.25) is 0 Å². The first-order chi connectivity index (χ1) is 9.37. The van der Waals surface area contributed by atoms with Crippen LogP contribution in [0.3, 0.4) is 0 Å². The van der Waals surface area contributed by atoms with Crippen LogP contribution in [-0.4, -0.2) is 18.8 Å². The molecule has 5 heteroatoms. The van der Waals surface area contributed by atoms with Crippen molar-refractivity contribution >= 4 is 0 Å². The van der Waals surface area contributed by atoms with Gasteiger partial charge in [0.1, 0.15) is 5.75 Å². The number of hydrogen-bond donors (Lipinski definition) is 1. The first-order valence-electron chi connectivity index (χ1n) is 6.90. The van der Waals surface area contributed by atoms with E-state index in [0.29, 0.717) is 19.5 Å². The van der Waals surface area contributed by atoms with Gasteiger partial charge in [-0.1, -0.05) is 12.1 Å². The molecule has 0 aliphatic rings. The highest BCUT2D eigenvalue weighted by atomic mass is 19.4. The van der Waals surface area contributed by atoms with Crippen molar-refractivity contribution in [1.29, 1.82) is 0 Å². The van der Waals surface area contributed by atoms with Crippen molar-refractivity contribution in [3.63, 3.8) is 0 Å². The van der Waals surface area contributed by atoms with E-state index in [0.717, 1.165) is 11.3 Å². The van der Waals surface area contributed by atoms with E-state index >= 15 is 0 Å². The average molecular weight is 289 g/mol. The van der Waals surface area contributed by atoms with Gasteiger partial charge in [0.05, 0.1) is 6.10 Å². The summed E-state index contributed by atoms with van der Waals surface area (Å²) >= 11 is 0. The number of halogens is 3. The van der Waals surface area contributed by atoms with E-state index in [4.69, 9.17) is 4.74 Å². The van der Waals surface area contributed by atoms with Gasteiger partial charge in [-0.25, -0.2) is 0 Å². The van der Waals surface area contributed by atoms with Crippen molar-refractivity contribution in [2.24, 2.45) is 0 Å². The first-order valence-corrected chi connectivity index (χ1v) is 6.90. The van der Waals surface area contributed by atoms with Crippen LogP contribution in [0.1, 0.15) is 38.7 Å². The Morgan fingerprint density at radius 1 is 1.20 bits per heavy atom. The Morgan fingerprint density at radius 3 is 2.60 bits per heavy atom. The number of alkyl halides is 3. The van der Waals surface area contributed by atoms with Crippen molar-refractivity contribution in [2.75, 3.05) is 6.54 Å².